The fourth-order valence-corrected chi connectivity index (χ4v) is 3.05. The van der Waals surface area contributed by atoms with Gasteiger partial charge in [-0.2, -0.15) is 0 Å². The third-order valence-electron chi connectivity index (χ3n) is 2.96. The summed E-state index contributed by atoms with van der Waals surface area (Å²) in [4.78, 5) is 11.8. The first kappa shape index (κ1) is 17.8. The molecule has 0 aliphatic carbocycles. The molecule has 0 bridgehead atoms. The Hall–Kier alpha value is -1.27. The first-order valence-electron chi connectivity index (χ1n) is 6.67. The number of carbonyl (C=O) groups excluding carboxylic acids is 1. The summed E-state index contributed by atoms with van der Waals surface area (Å²) in [6.07, 6.45) is 0.187. The van der Waals surface area contributed by atoms with Gasteiger partial charge in [0.2, 0.25) is 0 Å². The molecule has 21 heavy (non-hydrogen) atoms. The smallest absolute Gasteiger partial charge is 0.261 e. The molecule has 1 N–H and O–H groups in total. The molecule has 1 unspecified atom stereocenters. The summed E-state index contributed by atoms with van der Waals surface area (Å²) in [6, 6.07) is 3.03. The Morgan fingerprint density at radius 3 is 2.48 bits per heavy atom. The van der Waals surface area contributed by atoms with E-state index < -0.39 is 15.2 Å². The number of ether oxygens (including phenoxy) is 1. The van der Waals surface area contributed by atoms with E-state index in [4.69, 9.17) is 15.4 Å². The maximum absolute atomic E-state index is 11.8. The number of benzene rings is 1. The van der Waals surface area contributed by atoms with Crippen molar-refractivity contribution in [3.63, 3.8) is 0 Å². The van der Waals surface area contributed by atoms with Crippen molar-refractivity contribution in [2.75, 3.05) is 6.54 Å². The number of amides is 1. The van der Waals surface area contributed by atoms with Crippen molar-refractivity contribution in [1.82, 2.24) is 5.32 Å². The van der Waals surface area contributed by atoms with Crippen LogP contribution in [0.15, 0.2) is 17.0 Å². The van der Waals surface area contributed by atoms with E-state index in [1.165, 1.54) is 6.07 Å². The van der Waals surface area contributed by atoms with Gasteiger partial charge in [-0.15, -0.1) is 0 Å². The van der Waals surface area contributed by atoms with Crippen molar-refractivity contribution in [3.8, 4) is 5.75 Å². The summed E-state index contributed by atoms with van der Waals surface area (Å²) in [5.41, 5.74) is 1.08. The van der Waals surface area contributed by atoms with E-state index in [1.807, 2.05) is 6.92 Å². The Bertz CT molecular complexity index is 628. The zero-order valence-electron chi connectivity index (χ0n) is 12.6. The summed E-state index contributed by atoms with van der Waals surface area (Å²) >= 11 is 0. The number of aryl methyl sites for hydroxylation is 2. The number of hydrogen-bond donors (Lipinski definition) is 1. The average molecular weight is 334 g/mol. The Morgan fingerprint density at radius 2 is 1.95 bits per heavy atom. The van der Waals surface area contributed by atoms with E-state index in [9.17, 15) is 13.2 Å². The van der Waals surface area contributed by atoms with Crippen molar-refractivity contribution in [2.24, 2.45) is 0 Å². The molecule has 118 valence electrons. The molecule has 0 spiro atoms. The van der Waals surface area contributed by atoms with E-state index >= 15 is 0 Å². The number of rotatable bonds is 6. The first-order valence-corrected chi connectivity index (χ1v) is 8.98. The van der Waals surface area contributed by atoms with E-state index in [1.54, 1.807) is 26.8 Å². The monoisotopic (exact) mass is 333 g/mol. The molecule has 5 nitrogen and oxygen atoms in total. The van der Waals surface area contributed by atoms with Gasteiger partial charge >= 0.3 is 0 Å². The zero-order valence-corrected chi connectivity index (χ0v) is 14.1. The molecule has 0 heterocycles. The van der Waals surface area contributed by atoms with Gasteiger partial charge in [-0.3, -0.25) is 4.79 Å². The van der Waals surface area contributed by atoms with Gasteiger partial charge in [0.15, 0.2) is 6.10 Å². The summed E-state index contributed by atoms with van der Waals surface area (Å²) in [5, 5.41) is 2.74. The molecule has 0 saturated heterocycles. The van der Waals surface area contributed by atoms with Gasteiger partial charge in [-0.05, 0) is 50.5 Å². The third-order valence-corrected chi connectivity index (χ3v) is 4.42. The van der Waals surface area contributed by atoms with Gasteiger partial charge in [0.05, 0.1) is 4.90 Å². The molecular weight excluding hydrogens is 314 g/mol. The molecular formula is C14H20ClNO4S. The number of hydrogen-bond acceptors (Lipinski definition) is 4. The molecule has 0 aliphatic heterocycles. The quantitative estimate of drug-likeness (QED) is 0.812. The highest BCUT2D eigenvalue weighted by atomic mass is 35.7. The molecule has 1 aromatic rings. The van der Waals surface area contributed by atoms with Crippen molar-refractivity contribution < 1.29 is 17.9 Å². The van der Waals surface area contributed by atoms with E-state index in [-0.39, 0.29) is 10.8 Å². The van der Waals surface area contributed by atoms with Crippen LogP contribution in [0.25, 0.3) is 0 Å². The first-order chi connectivity index (χ1) is 9.66. The summed E-state index contributed by atoms with van der Waals surface area (Å²) in [7, 11) is 1.58. The summed E-state index contributed by atoms with van der Waals surface area (Å²) in [5.74, 6) is 0.263. The van der Waals surface area contributed by atoms with Crippen molar-refractivity contribution in [2.45, 2.75) is 45.1 Å². The maximum Gasteiger partial charge on any atom is 0.261 e. The Labute approximate surface area is 130 Å². The summed E-state index contributed by atoms with van der Waals surface area (Å²) in [6.45, 7) is 7.53. The van der Waals surface area contributed by atoms with E-state index in [0.29, 0.717) is 23.4 Å². The van der Waals surface area contributed by atoms with Crippen molar-refractivity contribution in [3.05, 3.63) is 23.3 Å². The SMILES string of the molecule is CCCNC(=O)C(C)Oc1cc(C)c(S(=O)(=O)Cl)cc1C. The van der Waals surface area contributed by atoms with Gasteiger partial charge in [-0.25, -0.2) is 8.42 Å². The molecule has 0 saturated carbocycles. The van der Waals surface area contributed by atoms with Crippen LogP contribution in [0.1, 0.15) is 31.4 Å². The predicted molar refractivity (Wildman–Crippen MR) is 82.3 cm³/mol. The van der Waals surface area contributed by atoms with Crippen LogP contribution < -0.4 is 10.1 Å². The van der Waals surface area contributed by atoms with Crippen LogP contribution in [0.3, 0.4) is 0 Å². The standard InChI is InChI=1S/C14H20ClNO4S/c1-5-6-16-14(17)11(4)20-12-7-10(3)13(8-9(12)2)21(15,18)19/h7-8,11H,5-6H2,1-4H3,(H,16,17). The van der Waals surface area contributed by atoms with E-state index in [2.05, 4.69) is 5.32 Å². The van der Waals surface area contributed by atoms with Crippen molar-refractivity contribution >= 4 is 25.6 Å². The van der Waals surface area contributed by atoms with Crippen LogP contribution >= 0.6 is 10.7 Å². The molecule has 0 aliphatic rings. The molecule has 1 aromatic carbocycles. The van der Waals surface area contributed by atoms with Crippen LogP contribution in [0, 0.1) is 13.8 Å². The van der Waals surface area contributed by atoms with Crippen LogP contribution in [0.2, 0.25) is 0 Å². The minimum absolute atomic E-state index is 0.0529. The van der Waals surface area contributed by atoms with Crippen LogP contribution in [-0.2, 0) is 13.8 Å². The lowest BCUT2D eigenvalue weighted by molar-refractivity contribution is -0.127. The minimum atomic E-state index is -3.79. The van der Waals surface area contributed by atoms with Gasteiger partial charge < -0.3 is 10.1 Å². The van der Waals surface area contributed by atoms with Gasteiger partial charge in [0.25, 0.3) is 15.0 Å². The highest BCUT2D eigenvalue weighted by molar-refractivity contribution is 8.13. The molecule has 1 amide bonds. The van der Waals surface area contributed by atoms with Crippen LogP contribution in [-0.4, -0.2) is 27.0 Å². The molecule has 7 heteroatoms. The Morgan fingerprint density at radius 1 is 1.33 bits per heavy atom. The fraction of sp³-hybridized carbons (Fsp3) is 0.500. The largest absolute Gasteiger partial charge is 0.481 e. The lowest BCUT2D eigenvalue weighted by Crippen LogP contribution is -2.36. The lowest BCUT2D eigenvalue weighted by atomic mass is 10.1. The molecule has 0 aromatic heterocycles. The highest BCUT2D eigenvalue weighted by Crippen LogP contribution is 2.28. The number of halogens is 1. The van der Waals surface area contributed by atoms with Crippen LogP contribution in [0.5, 0.6) is 5.75 Å². The normalized spacial score (nSPS) is 12.8. The van der Waals surface area contributed by atoms with Crippen LogP contribution in [0.4, 0.5) is 0 Å². The highest BCUT2D eigenvalue weighted by Gasteiger charge is 2.19. The molecule has 0 fully saturated rings. The molecule has 1 rings (SSSR count). The third kappa shape index (κ3) is 4.89. The number of carbonyl (C=O) groups is 1. The van der Waals surface area contributed by atoms with E-state index in [0.717, 1.165) is 6.42 Å². The second kappa shape index (κ2) is 7.13. The second-order valence-electron chi connectivity index (χ2n) is 4.87. The van der Waals surface area contributed by atoms with Gasteiger partial charge in [-0.1, -0.05) is 6.92 Å². The topological polar surface area (TPSA) is 72.5 Å². The van der Waals surface area contributed by atoms with Crippen molar-refractivity contribution in [1.29, 1.82) is 0 Å². The zero-order chi connectivity index (χ0) is 16.2. The molecule has 0 radical (unpaired) electrons. The Kier molecular flexibility index (Phi) is 6.04. The second-order valence-corrected chi connectivity index (χ2v) is 7.41. The maximum atomic E-state index is 11.8. The Balaban J connectivity index is 2.96. The van der Waals surface area contributed by atoms with Gasteiger partial charge in [0, 0.05) is 17.2 Å². The predicted octanol–water partition coefficient (Wildman–Crippen LogP) is 2.52. The summed E-state index contributed by atoms with van der Waals surface area (Å²) < 4.78 is 28.5. The minimum Gasteiger partial charge on any atom is -0.481 e. The lowest BCUT2D eigenvalue weighted by Gasteiger charge is -2.17. The molecule has 1 atom stereocenters. The fourth-order valence-electron chi connectivity index (χ4n) is 1.79. The number of nitrogens with one attached hydrogen (secondary N) is 1. The average Bonchev–Trinajstić information content (AvgIpc) is 2.38. The van der Waals surface area contributed by atoms with Gasteiger partial charge in [0.1, 0.15) is 5.75 Å².